The Bertz CT molecular complexity index is 373. The zero-order valence-electron chi connectivity index (χ0n) is 10.0. The first-order valence-electron chi connectivity index (χ1n) is 5.35. The van der Waals surface area contributed by atoms with E-state index in [9.17, 15) is 4.79 Å². The Hall–Kier alpha value is -1.03. The molecule has 0 atom stereocenters. The molecule has 0 fully saturated rings. The monoisotopic (exact) mass is 211 g/mol. The van der Waals surface area contributed by atoms with E-state index < -0.39 is 0 Å². The first-order valence-corrected chi connectivity index (χ1v) is 5.35. The molecule has 4 nitrogen and oxygen atoms in total. The van der Waals surface area contributed by atoms with Crippen LogP contribution in [-0.4, -0.2) is 15.7 Å². The third kappa shape index (κ3) is 2.72. The predicted molar refractivity (Wildman–Crippen MR) is 61.9 cm³/mol. The molecule has 0 saturated carbocycles. The maximum Gasteiger partial charge on any atom is 0.328 e. The number of imidazole rings is 1. The normalized spacial score (nSPS) is 12.4. The summed E-state index contributed by atoms with van der Waals surface area (Å²) in [4.78, 5) is 11.9. The van der Waals surface area contributed by atoms with E-state index in [1.54, 1.807) is 9.13 Å². The number of nitrogens with two attached hydrogens (primary N) is 1. The van der Waals surface area contributed by atoms with Gasteiger partial charge in [0.1, 0.15) is 0 Å². The molecule has 0 saturated heterocycles. The number of aromatic nitrogens is 2. The van der Waals surface area contributed by atoms with Crippen molar-refractivity contribution in [2.24, 2.45) is 11.1 Å². The van der Waals surface area contributed by atoms with Crippen molar-refractivity contribution in [2.45, 2.75) is 40.3 Å². The lowest BCUT2D eigenvalue weighted by Gasteiger charge is -2.22. The molecule has 86 valence electrons. The van der Waals surface area contributed by atoms with Gasteiger partial charge >= 0.3 is 5.69 Å². The standard InChI is InChI=1S/C11H21N3O/c1-9(2)14-6-5-13(10(14)15)8-11(3,4)7-12/h5-6,9H,7-8,12H2,1-4H3. The van der Waals surface area contributed by atoms with Crippen molar-refractivity contribution < 1.29 is 0 Å². The van der Waals surface area contributed by atoms with Gasteiger partial charge < -0.3 is 5.73 Å². The summed E-state index contributed by atoms with van der Waals surface area (Å²) in [7, 11) is 0. The van der Waals surface area contributed by atoms with Gasteiger partial charge in [-0.05, 0) is 25.8 Å². The third-order valence-electron chi connectivity index (χ3n) is 2.58. The van der Waals surface area contributed by atoms with Crippen LogP contribution in [0.2, 0.25) is 0 Å². The lowest BCUT2D eigenvalue weighted by atomic mass is 9.94. The lowest BCUT2D eigenvalue weighted by molar-refractivity contribution is 0.310. The van der Waals surface area contributed by atoms with Gasteiger partial charge in [-0.3, -0.25) is 9.13 Å². The summed E-state index contributed by atoms with van der Waals surface area (Å²) in [5, 5.41) is 0. The quantitative estimate of drug-likeness (QED) is 0.814. The van der Waals surface area contributed by atoms with E-state index >= 15 is 0 Å². The minimum absolute atomic E-state index is 0.0347. The van der Waals surface area contributed by atoms with Gasteiger partial charge in [-0.25, -0.2) is 4.79 Å². The SMILES string of the molecule is CC(C)n1ccn(CC(C)(C)CN)c1=O. The fourth-order valence-corrected chi connectivity index (χ4v) is 1.47. The largest absolute Gasteiger partial charge is 0.330 e. The van der Waals surface area contributed by atoms with E-state index in [2.05, 4.69) is 13.8 Å². The first kappa shape index (κ1) is 12.0. The lowest BCUT2D eigenvalue weighted by Crippen LogP contribution is -2.34. The average molecular weight is 211 g/mol. The van der Waals surface area contributed by atoms with Crippen molar-refractivity contribution >= 4 is 0 Å². The second-order valence-corrected chi connectivity index (χ2v) is 5.08. The van der Waals surface area contributed by atoms with Crippen molar-refractivity contribution in [2.75, 3.05) is 6.54 Å². The summed E-state index contributed by atoms with van der Waals surface area (Å²) in [6.45, 7) is 9.37. The van der Waals surface area contributed by atoms with E-state index in [-0.39, 0.29) is 17.1 Å². The van der Waals surface area contributed by atoms with Crippen molar-refractivity contribution in [1.82, 2.24) is 9.13 Å². The van der Waals surface area contributed by atoms with E-state index in [0.29, 0.717) is 13.1 Å². The molecular weight excluding hydrogens is 190 g/mol. The molecule has 0 aliphatic rings. The first-order chi connectivity index (χ1) is 6.87. The molecule has 0 unspecified atom stereocenters. The van der Waals surface area contributed by atoms with Crippen LogP contribution in [0.4, 0.5) is 0 Å². The molecule has 0 aliphatic carbocycles. The van der Waals surface area contributed by atoms with E-state index in [4.69, 9.17) is 5.73 Å². The van der Waals surface area contributed by atoms with Gasteiger partial charge in [-0.15, -0.1) is 0 Å². The summed E-state index contributed by atoms with van der Waals surface area (Å²) >= 11 is 0. The molecule has 0 aliphatic heterocycles. The summed E-state index contributed by atoms with van der Waals surface area (Å²) in [6, 6.07) is 0.208. The van der Waals surface area contributed by atoms with Crippen molar-refractivity contribution in [3.63, 3.8) is 0 Å². The number of nitrogens with zero attached hydrogens (tertiary/aromatic N) is 2. The molecule has 0 radical (unpaired) electrons. The molecule has 2 N–H and O–H groups in total. The Labute approximate surface area is 90.7 Å². The molecule has 1 aromatic heterocycles. The molecule has 0 amide bonds. The second-order valence-electron chi connectivity index (χ2n) is 5.08. The third-order valence-corrected chi connectivity index (χ3v) is 2.58. The maximum atomic E-state index is 11.9. The van der Waals surface area contributed by atoms with Crippen LogP contribution in [-0.2, 0) is 6.54 Å². The van der Waals surface area contributed by atoms with E-state index in [1.165, 1.54) is 0 Å². The molecule has 0 aromatic carbocycles. The molecule has 4 heteroatoms. The van der Waals surface area contributed by atoms with Crippen LogP contribution in [0, 0.1) is 5.41 Å². The Morgan fingerprint density at radius 1 is 1.40 bits per heavy atom. The van der Waals surface area contributed by atoms with Gasteiger partial charge in [0.05, 0.1) is 0 Å². The number of hydrogen-bond acceptors (Lipinski definition) is 2. The smallest absolute Gasteiger partial charge is 0.328 e. The molecule has 0 spiro atoms. The minimum Gasteiger partial charge on any atom is -0.330 e. The van der Waals surface area contributed by atoms with Gasteiger partial charge in [0.15, 0.2) is 0 Å². The van der Waals surface area contributed by atoms with E-state index in [1.807, 2.05) is 26.2 Å². The number of hydrogen-bond donors (Lipinski definition) is 1. The fourth-order valence-electron chi connectivity index (χ4n) is 1.47. The molecule has 1 heterocycles. The van der Waals surface area contributed by atoms with Crippen molar-refractivity contribution in [3.8, 4) is 0 Å². The zero-order chi connectivity index (χ0) is 11.6. The van der Waals surface area contributed by atoms with Gasteiger partial charge in [-0.2, -0.15) is 0 Å². The van der Waals surface area contributed by atoms with Crippen LogP contribution in [0.1, 0.15) is 33.7 Å². The van der Waals surface area contributed by atoms with E-state index in [0.717, 1.165) is 0 Å². The average Bonchev–Trinajstić information content (AvgIpc) is 2.48. The zero-order valence-corrected chi connectivity index (χ0v) is 10.0. The highest BCUT2D eigenvalue weighted by Crippen LogP contribution is 2.14. The summed E-state index contributed by atoms with van der Waals surface area (Å²) in [5.41, 5.74) is 5.66. The molecule has 0 bridgehead atoms. The van der Waals surface area contributed by atoms with Crippen molar-refractivity contribution in [3.05, 3.63) is 22.9 Å². The Balaban J connectivity index is 2.94. The highest BCUT2D eigenvalue weighted by Gasteiger charge is 2.18. The van der Waals surface area contributed by atoms with Crippen LogP contribution in [0.5, 0.6) is 0 Å². The molecule has 1 aromatic rings. The summed E-state index contributed by atoms with van der Waals surface area (Å²) in [6.07, 6.45) is 3.67. The van der Waals surface area contributed by atoms with Gasteiger partial charge in [0.2, 0.25) is 0 Å². The fraction of sp³-hybridized carbons (Fsp3) is 0.727. The van der Waals surface area contributed by atoms with Crippen LogP contribution in [0.25, 0.3) is 0 Å². The topological polar surface area (TPSA) is 52.9 Å². The molecular formula is C11H21N3O. The second kappa shape index (κ2) is 4.23. The molecule has 15 heavy (non-hydrogen) atoms. The Morgan fingerprint density at radius 2 is 2.00 bits per heavy atom. The Kier molecular flexibility index (Phi) is 3.39. The van der Waals surface area contributed by atoms with Crippen molar-refractivity contribution in [1.29, 1.82) is 0 Å². The van der Waals surface area contributed by atoms with Gasteiger partial charge in [0.25, 0.3) is 0 Å². The Morgan fingerprint density at radius 3 is 2.40 bits per heavy atom. The summed E-state index contributed by atoms with van der Waals surface area (Å²) < 4.78 is 3.46. The summed E-state index contributed by atoms with van der Waals surface area (Å²) in [5.74, 6) is 0. The molecule has 1 rings (SSSR count). The van der Waals surface area contributed by atoms with Crippen LogP contribution in [0.15, 0.2) is 17.2 Å². The van der Waals surface area contributed by atoms with Crippen LogP contribution < -0.4 is 11.4 Å². The highest BCUT2D eigenvalue weighted by molar-refractivity contribution is 4.86. The predicted octanol–water partition coefficient (Wildman–Crippen LogP) is 1.22. The van der Waals surface area contributed by atoms with Crippen LogP contribution >= 0.6 is 0 Å². The minimum atomic E-state index is -0.0347. The number of rotatable bonds is 4. The van der Waals surface area contributed by atoms with Crippen LogP contribution in [0.3, 0.4) is 0 Å². The highest BCUT2D eigenvalue weighted by atomic mass is 16.1. The van der Waals surface area contributed by atoms with Gasteiger partial charge in [0, 0.05) is 25.0 Å². The maximum absolute atomic E-state index is 11.9. The van der Waals surface area contributed by atoms with Gasteiger partial charge in [-0.1, -0.05) is 13.8 Å².